The van der Waals surface area contributed by atoms with Gasteiger partial charge in [0.15, 0.2) is 0 Å². The Hall–Kier alpha value is -1.06. The summed E-state index contributed by atoms with van der Waals surface area (Å²) in [5, 5.41) is 10.2. The summed E-state index contributed by atoms with van der Waals surface area (Å²) in [6.45, 7) is 4.99. The third kappa shape index (κ3) is 1.69. The third-order valence-corrected chi connectivity index (χ3v) is 9.45. The lowest BCUT2D eigenvalue weighted by Crippen LogP contribution is -2.55. The first-order chi connectivity index (χ1) is 12.5. The number of allylic oxidation sites excluding steroid dienone is 1. The van der Waals surface area contributed by atoms with Crippen LogP contribution in [0.4, 0.5) is 0 Å². The van der Waals surface area contributed by atoms with Crippen LogP contribution in [0.15, 0.2) is 34.7 Å². The van der Waals surface area contributed by atoms with E-state index in [1.807, 2.05) is 12.5 Å². The predicted molar refractivity (Wildman–Crippen MR) is 98.7 cm³/mol. The van der Waals surface area contributed by atoms with E-state index in [1.165, 1.54) is 18.4 Å². The van der Waals surface area contributed by atoms with Crippen LogP contribution in [-0.2, 0) is 4.74 Å². The van der Waals surface area contributed by atoms with Gasteiger partial charge in [-0.1, -0.05) is 25.5 Å². The van der Waals surface area contributed by atoms with Gasteiger partial charge in [-0.3, -0.25) is 0 Å². The second kappa shape index (κ2) is 4.86. The topological polar surface area (TPSA) is 45.9 Å². The van der Waals surface area contributed by atoms with E-state index in [2.05, 4.69) is 26.0 Å². The van der Waals surface area contributed by atoms with E-state index >= 15 is 0 Å². The summed E-state index contributed by atoms with van der Waals surface area (Å²) in [5.41, 5.74) is 3.51. The quantitative estimate of drug-likeness (QED) is 0.581. The minimum Gasteiger partial charge on any atom is -0.472 e. The van der Waals surface area contributed by atoms with Crippen molar-refractivity contribution in [1.29, 1.82) is 0 Å². The predicted octanol–water partition coefficient (Wildman–Crippen LogP) is 4.82. The lowest BCUT2D eigenvalue weighted by Gasteiger charge is -2.58. The monoisotopic (exact) mass is 354 g/mol. The highest BCUT2D eigenvalue weighted by molar-refractivity contribution is 5.37. The summed E-state index contributed by atoms with van der Waals surface area (Å²) in [7, 11) is 0. The molecule has 0 amide bonds. The number of rotatable bonds is 1. The number of ether oxygens (including phenoxy) is 1. The number of epoxide rings is 1. The highest BCUT2D eigenvalue weighted by Crippen LogP contribution is 2.77. The fourth-order valence-corrected chi connectivity index (χ4v) is 8.05. The van der Waals surface area contributed by atoms with Crippen molar-refractivity contribution in [3.8, 4) is 0 Å². The first-order valence-corrected chi connectivity index (χ1v) is 10.6. The van der Waals surface area contributed by atoms with E-state index in [0.717, 1.165) is 38.0 Å². The Morgan fingerprint density at radius 2 is 2.04 bits per heavy atom. The first-order valence-electron chi connectivity index (χ1n) is 10.6. The molecule has 8 atom stereocenters. The maximum absolute atomic E-state index is 10.2. The van der Waals surface area contributed by atoms with Crippen LogP contribution < -0.4 is 0 Å². The van der Waals surface area contributed by atoms with Gasteiger partial charge in [0.05, 0.1) is 24.7 Å². The molecule has 0 radical (unpaired) electrons. The Bertz CT molecular complexity index is 766. The molecule has 2 heterocycles. The summed E-state index contributed by atoms with van der Waals surface area (Å²) >= 11 is 0. The molecule has 3 heteroatoms. The van der Waals surface area contributed by atoms with Crippen LogP contribution in [0.3, 0.4) is 0 Å². The van der Waals surface area contributed by atoms with Gasteiger partial charge in [-0.05, 0) is 79.7 Å². The van der Waals surface area contributed by atoms with Crippen LogP contribution in [0, 0.1) is 22.7 Å². The molecule has 0 aromatic carbocycles. The Kier molecular flexibility index (Phi) is 2.98. The lowest BCUT2D eigenvalue weighted by molar-refractivity contribution is -0.0760. The minimum atomic E-state index is -0.125. The molecule has 1 saturated heterocycles. The van der Waals surface area contributed by atoms with E-state index in [0.29, 0.717) is 17.9 Å². The van der Waals surface area contributed by atoms with E-state index in [-0.39, 0.29) is 22.5 Å². The van der Waals surface area contributed by atoms with Crippen molar-refractivity contribution in [3.63, 3.8) is 0 Å². The van der Waals surface area contributed by atoms with E-state index in [1.54, 1.807) is 5.57 Å². The maximum Gasteiger partial charge on any atom is 0.104 e. The molecule has 1 aromatic rings. The number of furan rings is 1. The van der Waals surface area contributed by atoms with E-state index in [4.69, 9.17) is 9.15 Å². The standard InChI is InChI=1S/C23H30O3/c1-21-8-5-16(24)11-15(21)3-4-18-17(21)6-9-22(2)19(14-7-10-25-13-14)12-20-23(18,22)26-20/h3,7,10,13,16-20,24H,4-6,8-9,11-12H2,1-2H3/t16?,17-,18-,19?,20?,21+,22-,23+/m1/s1. The zero-order valence-electron chi connectivity index (χ0n) is 15.9. The molecule has 26 heavy (non-hydrogen) atoms. The van der Waals surface area contributed by atoms with Gasteiger partial charge in [-0.2, -0.15) is 0 Å². The number of aliphatic hydroxyl groups is 1. The molecule has 1 aliphatic heterocycles. The van der Waals surface area contributed by atoms with Gasteiger partial charge >= 0.3 is 0 Å². The summed E-state index contributed by atoms with van der Waals surface area (Å²) in [5.74, 6) is 1.94. The Morgan fingerprint density at radius 1 is 1.15 bits per heavy atom. The number of fused-ring (bicyclic) bond motifs is 3. The van der Waals surface area contributed by atoms with Crippen LogP contribution in [0.5, 0.6) is 0 Å². The van der Waals surface area contributed by atoms with Gasteiger partial charge in [0.2, 0.25) is 0 Å². The van der Waals surface area contributed by atoms with Gasteiger partial charge < -0.3 is 14.3 Å². The van der Waals surface area contributed by atoms with E-state index < -0.39 is 0 Å². The minimum absolute atomic E-state index is 0.0823. The average Bonchev–Trinajstić information content (AvgIpc) is 2.99. The number of hydrogen-bond donors (Lipinski definition) is 1. The van der Waals surface area contributed by atoms with Crippen molar-refractivity contribution in [2.24, 2.45) is 22.7 Å². The van der Waals surface area contributed by atoms with Gasteiger partial charge in [-0.25, -0.2) is 0 Å². The number of hydrogen-bond acceptors (Lipinski definition) is 3. The molecule has 3 saturated carbocycles. The van der Waals surface area contributed by atoms with Crippen molar-refractivity contribution in [3.05, 3.63) is 35.8 Å². The largest absolute Gasteiger partial charge is 0.472 e. The molecule has 6 rings (SSSR count). The molecule has 1 aromatic heterocycles. The first kappa shape index (κ1) is 15.9. The van der Waals surface area contributed by atoms with Crippen LogP contribution in [-0.4, -0.2) is 22.9 Å². The highest BCUT2D eigenvalue weighted by atomic mass is 16.6. The van der Waals surface area contributed by atoms with Crippen molar-refractivity contribution in [1.82, 2.24) is 0 Å². The second-order valence-corrected chi connectivity index (χ2v) is 10.2. The molecule has 3 unspecified atom stereocenters. The molecule has 3 nitrogen and oxygen atoms in total. The summed E-state index contributed by atoms with van der Waals surface area (Å²) in [6, 6.07) is 2.17. The van der Waals surface area contributed by atoms with Crippen molar-refractivity contribution in [2.45, 2.75) is 82.5 Å². The SMILES string of the molecule is C[C@]12CCC(O)CC1=CC[C@@H]1[C@H]2CC[C@]2(C)C(c3ccoc3)CC3O[C@]312. The summed E-state index contributed by atoms with van der Waals surface area (Å²) < 4.78 is 12.0. The highest BCUT2D eigenvalue weighted by Gasteiger charge is 2.80. The fourth-order valence-electron chi connectivity index (χ4n) is 8.05. The summed E-state index contributed by atoms with van der Waals surface area (Å²) in [4.78, 5) is 0. The zero-order valence-corrected chi connectivity index (χ0v) is 15.9. The Balaban J connectivity index is 1.40. The van der Waals surface area contributed by atoms with Gasteiger partial charge in [0.1, 0.15) is 5.60 Å². The van der Waals surface area contributed by atoms with Crippen LogP contribution in [0.25, 0.3) is 0 Å². The van der Waals surface area contributed by atoms with Gasteiger partial charge in [0, 0.05) is 5.41 Å². The van der Waals surface area contributed by atoms with Crippen LogP contribution in [0.1, 0.15) is 70.3 Å². The molecule has 4 fully saturated rings. The normalized spacial score (nSPS) is 54.6. The van der Waals surface area contributed by atoms with Crippen molar-refractivity contribution >= 4 is 0 Å². The van der Waals surface area contributed by atoms with Crippen molar-refractivity contribution in [2.75, 3.05) is 0 Å². The molecular formula is C23H30O3. The van der Waals surface area contributed by atoms with Crippen LogP contribution in [0.2, 0.25) is 0 Å². The second-order valence-electron chi connectivity index (χ2n) is 10.2. The maximum atomic E-state index is 10.2. The summed E-state index contributed by atoms with van der Waals surface area (Å²) in [6.07, 6.45) is 14.5. The average molecular weight is 354 g/mol. The van der Waals surface area contributed by atoms with Crippen molar-refractivity contribution < 1.29 is 14.3 Å². The smallest absolute Gasteiger partial charge is 0.104 e. The zero-order chi connectivity index (χ0) is 17.7. The van der Waals surface area contributed by atoms with Crippen LogP contribution >= 0.6 is 0 Å². The molecule has 4 aliphatic carbocycles. The molecule has 1 spiro atoms. The Morgan fingerprint density at radius 3 is 2.85 bits per heavy atom. The fraction of sp³-hybridized carbons (Fsp3) is 0.739. The van der Waals surface area contributed by atoms with Gasteiger partial charge in [0.25, 0.3) is 0 Å². The number of aliphatic hydroxyl groups excluding tert-OH is 1. The van der Waals surface area contributed by atoms with E-state index in [9.17, 15) is 5.11 Å². The molecule has 0 bridgehead atoms. The third-order valence-electron chi connectivity index (χ3n) is 9.45. The Labute approximate surface area is 155 Å². The molecule has 1 N–H and O–H groups in total. The molecular weight excluding hydrogens is 324 g/mol. The molecule has 140 valence electrons. The molecule has 5 aliphatic rings. The van der Waals surface area contributed by atoms with Gasteiger partial charge in [-0.15, -0.1) is 0 Å². The lowest BCUT2D eigenvalue weighted by atomic mass is 9.46.